The third kappa shape index (κ3) is 3.72. The first-order valence-electron chi connectivity index (χ1n) is 7.05. The number of hydrogen-bond acceptors (Lipinski definition) is 4. The van der Waals surface area contributed by atoms with E-state index in [9.17, 15) is 0 Å². The number of rotatable bonds is 6. The lowest BCUT2D eigenvalue weighted by atomic mass is 10.1. The van der Waals surface area contributed by atoms with Crippen LogP contribution < -0.4 is 9.64 Å². The summed E-state index contributed by atoms with van der Waals surface area (Å²) >= 11 is 5.80. The average Bonchev–Trinajstić information content (AvgIpc) is 2.84. The number of hydrogen-bond donors (Lipinski definition) is 0. The van der Waals surface area contributed by atoms with Crippen molar-refractivity contribution in [3.63, 3.8) is 0 Å². The molecule has 4 nitrogen and oxygen atoms in total. The number of alkyl halides is 1. The zero-order chi connectivity index (χ0) is 13.7. The molecule has 0 bridgehead atoms. The van der Waals surface area contributed by atoms with E-state index in [1.807, 2.05) is 19.9 Å². The SMILES string of the molecule is CCOc1cc(C)nc(N2CCCC2CCCCl)n1. The van der Waals surface area contributed by atoms with Crippen LogP contribution in [-0.2, 0) is 0 Å². The molecular weight excluding hydrogens is 262 g/mol. The highest BCUT2D eigenvalue weighted by atomic mass is 35.5. The van der Waals surface area contributed by atoms with Crippen LogP contribution in [0.5, 0.6) is 5.88 Å². The standard InChI is InChI=1S/C14H22ClN3O/c1-3-19-13-10-11(2)16-14(17-13)18-9-5-7-12(18)6-4-8-15/h10,12H,3-9H2,1-2H3. The molecule has 2 heterocycles. The van der Waals surface area contributed by atoms with E-state index < -0.39 is 0 Å². The Hall–Kier alpha value is -1.03. The van der Waals surface area contributed by atoms with Crippen molar-refractivity contribution in [1.29, 1.82) is 0 Å². The molecule has 1 atom stereocenters. The molecule has 0 amide bonds. The molecule has 0 N–H and O–H groups in total. The van der Waals surface area contributed by atoms with Crippen LogP contribution in [0.25, 0.3) is 0 Å². The lowest BCUT2D eigenvalue weighted by Gasteiger charge is -2.25. The molecule has 0 spiro atoms. The Bertz CT molecular complexity index is 414. The van der Waals surface area contributed by atoms with E-state index in [0.717, 1.165) is 36.9 Å². The monoisotopic (exact) mass is 283 g/mol. The molecule has 0 aromatic carbocycles. The van der Waals surface area contributed by atoms with Crippen molar-refractivity contribution in [1.82, 2.24) is 9.97 Å². The van der Waals surface area contributed by atoms with Gasteiger partial charge in [-0.05, 0) is 39.5 Å². The van der Waals surface area contributed by atoms with Gasteiger partial charge < -0.3 is 9.64 Å². The fourth-order valence-corrected chi connectivity index (χ4v) is 2.74. The van der Waals surface area contributed by atoms with Gasteiger partial charge in [-0.3, -0.25) is 0 Å². The van der Waals surface area contributed by atoms with Crippen molar-refractivity contribution in [2.45, 2.75) is 45.6 Å². The Morgan fingerprint density at radius 3 is 3.05 bits per heavy atom. The molecule has 1 aromatic rings. The third-order valence-corrected chi connectivity index (χ3v) is 3.68. The number of nitrogens with zero attached hydrogens (tertiary/aromatic N) is 3. The van der Waals surface area contributed by atoms with E-state index in [2.05, 4.69) is 14.9 Å². The molecule has 1 saturated heterocycles. The summed E-state index contributed by atoms with van der Waals surface area (Å²) in [7, 11) is 0. The van der Waals surface area contributed by atoms with Crippen LogP contribution in [0.4, 0.5) is 5.95 Å². The smallest absolute Gasteiger partial charge is 0.229 e. The van der Waals surface area contributed by atoms with Crippen molar-refractivity contribution >= 4 is 17.5 Å². The van der Waals surface area contributed by atoms with Gasteiger partial charge in [0.15, 0.2) is 0 Å². The second-order valence-electron chi connectivity index (χ2n) is 4.90. The molecular formula is C14H22ClN3O. The number of halogens is 1. The van der Waals surface area contributed by atoms with E-state index in [-0.39, 0.29) is 0 Å². The van der Waals surface area contributed by atoms with Gasteiger partial charge in [0, 0.05) is 30.2 Å². The van der Waals surface area contributed by atoms with Crippen LogP contribution >= 0.6 is 11.6 Å². The van der Waals surface area contributed by atoms with E-state index in [4.69, 9.17) is 16.3 Å². The highest BCUT2D eigenvalue weighted by molar-refractivity contribution is 6.17. The van der Waals surface area contributed by atoms with Gasteiger partial charge in [0.2, 0.25) is 11.8 Å². The number of aryl methyl sites for hydroxylation is 1. The minimum absolute atomic E-state index is 0.523. The average molecular weight is 284 g/mol. The van der Waals surface area contributed by atoms with Crippen molar-refractivity contribution in [2.24, 2.45) is 0 Å². The third-order valence-electron chi connectivity index (χ3n) is 3.42. The van der Waals surface area contributed by atoms with Gasteiger partial charge in [-0.2, -0.15) is 4.98 Å². The number of anilines is 1. The van der Waals surface area contributed by atoms with E-state index in [1.165, 1.54) is 12.8 Å². The van der Waals surface area contributed by atoms with Crippen molar-refractivity contribution in [3.05, 3.63) is 11.8 Å². The fraction of sp³-hybridized carbons (Fsp3) is 0.714. The molecule has 5 heteroatoms. The molecule has 1 fully saturated rings. The zero-order valence-electron chi connectivity index (χ0n) is 11.7. The zero-order valence-corrected chi connectivity index (χ0v) is 12.5. The first kappa shape index (κ1) is 14.4. The molecule has 106 valence electrons. The Morgan fingerprint density at radius 2 is 2.32 bits per heavy atom. The topological polar surface area (TPSA) is 38.2 Å². The summed E-state index contributed by atoms with van der Waals surface area (Å²) in [4.78, 5) is 11.4. The second-order valence-corrected chi connectivity index (χ2v) is 5.28. The molecule has 1 unspecified atom stereocenters. The molecule has 0 saturated carbocycles. The molecule has 1 aromatic heterocycles. The van der Waals surface area contributed by atoms with E-state index in [0.29, 0.717) is 18.5 Å². The normalized spacial score (nSPS) is 18.9. The quantitative estimate of drug-likeness (QED) is 0.752. The summed E-state index contributed by atoms with van der Waals surface area (Å²) < 4.78 is 5.50. The second kappa shape index (κ2) is 6.94. The molecule has 19 heavy (non-hydrogen) atoms. The summed E-state index contributed by atoms with van der Waals surface area (Å²) in [5.41, 5.74) is 0.955. The van der Waals surface area contributed by atoms with Crippen molar-refractivity contribution in [3.8, 4) is 5.88 Å². The highest BCUT2D eigenvalue weighted by Crippen LogP contribution is 2.27. The van der Waals surface area contributed by atoms with Crippen LogP contribution in [-0.4, -0.2) is 35.0 Å². The number of aromatic nitrogens is 2. The largest absolute Gasteiger partial charge is 0.478 e. The minimum atomic E-state index is 0.523. The lowest BCUT2D eigenvalue weighted by molar-refractivity contribution is 0.325. The molecule has 2 rings (SSSR count). The van der Waals surface area contributed by atoms with E-state index in [1.54, 1.807) is 0 Å². The summed E-state index contributed by atoms with van der Waals surface area (Å²) in [5, 5.41) is 0. The first-order chi connectivity index (χ1) is 9.24. The summed E-state index contributed by atoms with van der Waals surface area (Å²) in [6.45, 7) is 5.61. The minimum Gasteiger partial charge on any atom is -0.478 e. The Labute approximate surface area is 120 Å². The maximum Gasteiger partial charge on any atom is 0.229 e. The van der Waals surface area contributed by atoms with Gasteiger partial charge in [0.05, 0.1) is 6.61 Å². The number of ether oxygens (including phenoxy) is 1. The summed E-state index contributed by atoms with van der Waals surface area (Å²) in [5.74, 6) is 2.21. The van der Waals surface area contributed by atoms with Crippen LogP contribution in [0.2, 0.25) is 0 Å². The molecule has 1 aliphatic heterocycles. The predicted octanol–water partition coefficient (Wildman–Crippen LogP) is 3.17. The van der Waals surface area contributed by atoms with E-state index >= 15 is 0 Å². The summed E-state index contributed by atoms with van der Waals surface area (Å²) in [6.07, 6.45) is 4.57. The maximum absolute atomic E-state index is 5.80. The van der Waals surface area contributed by atoms with Crippen LogP contribution in [0.1, 0.15) is 38.3 Å². The van der Waals surface area contributed by atoms with Gasteiger partial charge in [0.25, 0.3) is 0 Å². The first-order valence-corrected chi connectivity index (χ1v) is 7.59. The maximum atomic E-state index is 5.80. The van der Waals surface area contributed by atoms with Gasteiger partial charge in [-0.25, -0.2) is 4.98 Å². The Morgan fingerprint density at radius 1 is 1.47 bits per heavy atom. The van der Waals surface area contributed by atoms with Gasteiger partial charge in [-0.1, -0.05) is 0 Å². The van der Waals surface area contributed by atoms with Crippen LogP contribution in [0.15, 0.2) is 6.07 Å². The Balaban J connectivity index is 2.15. The molecule has 1 aliphatic rings. The predicted molar refractivity (Wildman–Crippen MR) is 78.3 cm³/mol. The lowest BCUT2D eigenvalue weighted by Crippen LogP contribution is -2.31. The Kier molecular flexibility index (Phi) is 5.25. The van der Waals surface area contributed by atoms with Crippen molar-refractivity contribution in [2.75, 3.05) is 23.9 Å². The van der Waals surface area contributed by atoms with Gasteiger partial charge in [-0.15, -0.1) is 11.6 Å². The highest BCUT2D eigenvalue weighted by Gasteiger charge is 2.26. The molecule has 0 aliphatic carbocycles. The van der Waals surface area contributed by atoms with Crippen LogP contribution in [0.3, 0.4) is 0 Å². The molecule has 0 radical (unpaired) electrons. The van der Waals surface area contributed by atoms with Crippen molar-refractivity contribution < 1.29 is 4.74 Å². The fourth-order valence-electron chi connectivity index (χ4n) is 2.59. The van der Waals surface area contributed by atoms with Gasteiger partial charge >= 0.3 is 0 Å². The van der Waals surface area contributed by atoms with Gasteiger partial charge in [0.1, 0.15) is 0 Å². The summed E-state index contributed by atoms with van der Waals surface area (Å²) in [6, 6.07) is 2.41. The van der Waals surface area contributed by atoms with Crippen LogP contribution in [0, 0.1) is 6.92 Å².